The Labute approximate surface area is 232 Å². The summed E-state index contributed by atoms with van der Waals surface area (Å²) in [5, 5.41) is 71.4. The molecule has 0 aromatic carbocycles. The van der Waals surface area contributed by atoms with Crippen molar-refractivity contribution in [2.24, 2.45) is 0 Å². The van der Waals surface area contributed by atoms with Crippen LogP contribution in [-0.4, -0.2) is 95.8 Å². The number of carboxylic acids is 8. The van der Waals surface area contributed by atoms with Crippen LogP contribution in [0.3, 0.4) is 0 Å². The Bertz CT molecular complexity index is 469. The molecule has 0 saturated carbocycles. The molecule has 2 radical (unpaired) electrons. The van der Waals surface area contributed by atoms with Crippen LogP contribution >= 0.6 is 0 Å². The molecule has 26 heteroatoms. The second-order valence-corrected chi connectivity index (χ2v) is 3.71. The van der Waals surface area contributed by atoms with Gasteiger partial charge in [0.1, 0.15) is 26.2 Å². The first kappa shape index (κ1) is 76.5. The average Bonchev–Trinajstić information content (AvgIpc) is 2.69. The Balaban J connectivity index is -0.0000000208. The van der Waals surface area contributed by atoms with E-state index in [-0.39, 0.29) is 56.0 Å². The largest absolute Gasteiger partial charge is 3.00 e. The van der Waals surface area contributed by atoms with E-state index in [0.717, 1.165) is 26.2 Å². The summed E-state index contributed by atoms with van der Waals surface area (Å²) in [4.78, 5) is 71.4. The molecule has 0 aromatic heterocycles. The first-order chi connectivity index (χ1) is 14.4. The molecule has 0 fully saturated rings. The van der Waals surface area contributed by atoms with Crippen LogP contribution in [0.4, 0.5) is 0 Å². The molecule has 0 saturated heterocycles. The third-order valence-corrected chi connectivity index (χ3v) is 1.17. The standard InChI is InChI=1S/2C2H8N2.4C2H2O4.2Fe.4H2O/c2*3-1-2-4;4*3-1(4)2(5)6;;;;;;/h2*1-4H2;4*(H,3,4)(H,5,6);;;4*1H2/q;;;;;;2*+3;;;;/p-6. The van der Waals surface area contributed by atoms with Crippen LogP contribution in [-0.2, 0) is 72.5 Å². The van der Waals surface area contributed by atoms with E-state index >= 15 is 0 Å². The monoisotopic (exact) mass is 658 g/mol. The van der Waals surface area contributed by atoms with Gasteiger partial charge in [-0.25, -0.2) is 0 Å². The van der Waals surface area contributed by atoms with E-state index in [9.17, 15) is 0 Å². The summed E-state index contributed by atoms with van der Waals surface area (Å²) in [6.45, 7) is 3.83. The van der Waals surface area contributed by atoms with Crippen molar-refractivity contribution in [3.05, 3.63) is 0 Å². The molecule has 0 atom stereocenters. The third-order valence-electron chi connectivity index (χ3n) is 1.17. The van der Waals surface area contributed by atoms with E-state index in [2.05, 4.69) is 22.9 Å². The minimum atomic E-state index is -2.19. The smallest absolute Gasteiger partial charge is 0.870 e. The predicted molar refractivity (Wildman–Crippen MR) is 82.2 cm³/mol. The van der Waals surface area contributed by atoms with Gasteiger partial charge in [0.05, 0.1) is 47.8 Å². The van der Waals surface area contributed by atoms with Crippen LogP contribution in [0.15, 0.2) is 0 Å². The molecule has 230 valence electrons. The number of rotatable bonds is 2. The summed E-state index contributed by atoms with van der Waals surface area (Å²) in [5.41, 5.74) is 14.2. The molecule has 0 aliphatic carbocycles. The van der Waals surface area contributed by atoms with E-state index < -0.39 is 47.8 Å². The van der Waals surface area contributed by atoms with E-state index in [4.69, 9.17) is 79.2 Å². The Hall–Kier alpha value is -3.52. The molecule has 24 nitrogen and oxygen atoms in total. The summed E-state index contributed by atoms with van der Waals surface area (Å²) in [6, 6.07) is 0. The molecule has 0 heterocycles. The van der Waals surface area contributed by atoms with Gasteiger partial charge < -0.3 is 124 Å². The third kappa shape index (κ3) is 154. The summed E-state index contributed by atoms with van der Waals surface area (Å²) in [6.07, 6.45) is 0. The molecular weight excluding hydrogens is 632 g/mol. The first-order valence-electron chi connectivity index (χ1n) is 7.27. The summed E-state index contributed by atoms with van der Waals surface area (Å²) in [7, 11) is 0. The zero-order valence-electron chi connectivity index (χ0n) is 18.8. The maximum atomic E-state index is 8.93. The zero-order valence-corrected chi connectivity index (χ0v) is 21.0. The van der Waals surface area contributed by atoms with Crippen LogP contribution in [0.25, 0.3) is 0 Å². The topological polar surface area (TPSA) is 555 Å². The van der Waals surface area contributed by atoms with E-state index in [1.807, 2.05) is 0 Å². The number of carbonyl (C=O) groups is 8. The Morgan fingerprint density at radius 2 is 0.395 bits per heavy atom. The van der Waals surface area contributed by atoms with Gasteiger partial charge in [0.25, 0.3) is 0 Å². The molecular formula is C12H26Fe2N4O20. The molecule has 0 amide bonds. The first-order valence-corrected chi connectivity index (χ1v) is 7.27. The normalized spacial score (nSPS) is 6.21. The zero-order chi connectivity index (χ0) is 27.4. The molecule has 18 N–H and O–H groups in total. The molecule has 0 rings (SSSR count). The Kier molecular flexibility index (Phi) is 119. The van der Waals surface area contributed by atoms with Gasteiger partial charge in [-0.3, -0.25) is 0 Å². The van der Waals surface area contributed by atoms with Gasteiger partial charge in [-0.05, 0) is 0 Å². The van der Waals surface area contributed by atoms with Crippen molar-refractivity contribution in [3.63, 3.8) is 0 Å². The van der Waals surface area contributed by atoms with Crippen LogP contribution < -0.4 is 63.8 Å². The Morgan fingerprint density at radius 1 is 0.342 bits per heavy atom. The maximum Gasteiger partial charge on any atom is 3.00 e. The van der Waals surface area contributed by atoms with Crippen LogP contribution in [0.1, 0.15) is 0 Å². The second-order valence-electron chi connectivity index (χ2n) is 3.71. The van der Waals surface area contributed by atoms with E-state index in [0.29, 0.717) is 0 Å². The quantitative estimate of drug-likeness (QED) is 0.158. The van der Waals surface area contributed by atoms with Crippen molar-refractivity contribution < 1.29 is 158 Å². The van der Waals surface area contributed by atoms with Crippen molar-refractivity contribution >= 4 is 47.8 Å². The van der Waals surface area contributed by atoms with Crippen molar-refractivity contribution in [1.29, 1.82) is 0 Å². The fourth-order valence-corrected chi connectivity index (χ4v) is 0. The number of carbonyl (C=O) groups excluding carboxylic acids is 8. The summed E-state index contributed by atoms with van der Waals surface area (Å²) >= 11 is 0. The fraction of sp³-hybridized carbons (Fsp3) is 0.333. The number of hydrogen-bond donors (Lipinski definition) is 4. The van der Waals surface area contributed by atoms with Gasteiger partial charge in [0.2, 0.25) is 0 Å². The fourth-order valence-electron chi connectivity index (χ4n) is 0. The van der Waals surface area contributed by atoms with Crippen LogP contribution in [0.5, 0.6) is 0 Å². The van der Waals surface area contributed by atoms with Gasteiger partial charge in [-0.2, -0.15) is 0 Å². The SMILES string of the molecule is O.O.O=C([O-])C(=O)[O-].O=C([O-])C(=O)[O-].O=C([O-])C(=O)[O-].O=C([O-])C(=O)[O-].[Fe+3].[Fe+3].[NH3+]CC[NH3+].[NH3+]CC[NH3+].[OH-].[OH-]. The summed E-state index contributed by atoms with van der Waals surface area (Å²) in [5.74, 6) is -17.5. The van der Waals surface area contributed by atoms with Crippen LogP contribution in [0.2, 0.25) is 0 Å². The Morgan fingerprint density at radius 3 is 0.395 bits per heavy atom. The second kappa shape index (κ2) is 58.9. The summed E-state index contributed by atoms with van der Waals surface area (Å²) < 4.78 is 0. The average molecular weight is 658 g/mol. The van der Waals surface area contributed by atoms with Crippen molar-refractivity contribution in [2.45, 2.75) is 0 Å². The number of aliphatic carboxylic acids is 8. The molecule has 0 aliphatic heterocycles. The number of quaternary nitrogens is 4. The van der Waals surface area contributed by atoms with Crippen molar-refractivity contribution in [2.75, 3.05) is 26.2 Å². The minimum Gasteiger partial charge on any atom is -0.870 e. The van der Waals surface area contributed by atoms with Gasteiger partial charge in [0, 0.05) is 0 Å². The number of carboxylic acid groups (broad SMARTS) is 8. The van der Waals surface area contributed by atoms with Gasteiger partial charge >= 0.3 is 34.1 Å². The van der Waals surface area contributed by atoms with Crippen LogP contribution in [0, 0.1) is 0 Å². The molecule has 0 spiro atoms. The van der Waals surface area contributed by atoms with Gasteiger partial charge in [-0.1, -0.05) is 0 Å². The van der Waals surface area contributed by atoms with Gasteiger partial charge in [0.15, 0.2) is 0 Å². The number of hydrogen-bond acceptors (Lipinski definition) is 18. The molecule has 0 unspecified atom stereocenters. The van der Waals surface area contributed by atoms with Crippen molar-refractivity contribution in [1.82, 2.24) is 0 Å². The molecule has 38 heavy (non-hydrogen) atoms. The van der Waals surface area contributed by atoms with E-state index in [1.54, 1.807) is 0 Å². The molecule has 0 aliphatic rings. The molecule has 0 bridgehead atoms. The molecule has 0 aromatic rings. The van der Waals surface area contributed by atoms with E-state index in [1.165, 1.54) is 0 Å². The minimum absolute atomic E-state index is 0. The predicted octanol–water partition coefficient (Wildman–Crippen LogP) is -21.1. The van der Waals surface area contributed by atoms with Gasteiger partial charge in [-0.15, -0.1) is 0 Å². The maximum absolute atomic E-state index is 8.93. The van der Waals surface area contributed by atoms with Crippen molar-refractivity contribution in [3.8, 4) is 0 Å².